The van der Waals surface area contributed by atoms with Crippen molar-refractivity contribution < 1.29 is 0 Å². The van der Waals surface area contributed by atoms with Crippen LogP contribution in [0.1, 0.15) is 25.7 Å². The summed E-state index contributed by atoms with van der Waals surface area (Å²) in [7, 11) is 0. The Hall–Kier alpha value is -0.420. The average molecular weight is 255 g/mol. The second-order valence-corrected chi connectivity index (χ2v) is 6.30. The summed E-state index contributed by atoms with van der Waals surface area (Å²) in [6.45, 7) is 1.22. The fourth-order valence-corrected chi connectivity index (χ4v) is 3.78. The van der Waals surface area contributed by atoms with Crippen molar-refractivity contribution in [1.29, 1.82) is 0 Å². The minimum Gasteiger partial charge on any atom is -0.382 e. The molecule has 16 heavy (non-hydrogen) atoms. The topological polar surface area (TPSA) is 42.1 Å². The molecule has 2 N–H and O–H groups in total. The molecule has 0 bridgehead atoms. The summed E-state index contributed by atoms with van der Waals surface area (Å²) in [4.78, 5) is 3.76. The van der Waals surface area contributed by atoms with Crippen LogP contribution in [0, 0.1) is 5.92 Å². The molecule has 0 unspecified atom stereocenters. The number of hydrogen-bond acceptors (Lipinski definition) is 5. The molecule has 0 radical (unpaired) electrons. The van der Waals surface area contributed by atoms with Crippen LogP contribution in [0.2, 0.25) is 0 Å². The predicted molar refractivity (Wildman–Crippen MR) is 71.4 cm³/mol. The maximum Gasteiger partial charge on any atom is 0.153 e. The lowest BCUT2D eigenvalue weighted by Crippen LogP contribution is -2.27. The molecule has 0 amide bonds. The van der Waals surface area contributed by atoms with E-state index in [2.05, 4.69) is 15.5 Å². The van der Waals surface area contributed by atoms with Gasteiger partial charge in [-0.2, -0.15) is 4.37 Å². The molecule has 0 spiro atoms. The predicted octanol–water partition coefficient (Wildman–Crippen LogP) is 2.83. The quantitative estimate of drug-likeness (QED) is 0.822. The highest BCUT2D eigenvalue weighted by Crippen LogP contribution is 2.44. The summed E-state index contributed by atoms with van der Waals surface area (Å²) in [5, 5.41) is 1.32. The number of hydrogen-bond donors (Lipinski definition) is 1. The van der Waals surface area contributed by atoms with Gasteiger partial charge in [-0.15, -0.1) is 11.8 Å². The average Bonchev–Trinajstić information content (AvgIpc) is 3.13. The zero-order valence-corrected chi connectivity index (χ0v) is 11.1. The maximum atomic E-state index is 5.91. The molecule has 1 aromatic heterocycles. The van der Waals surface area contributed by atoms with E-state index in [1.807, 2.05) is 0 Å². The van der Waals surface area contributed by atoms with Gasteiger partial charge in [0.15, 0.2) is 5.82 Å². The van der Waals surface area contributed by atoms with E-state index in [1.54, 1.807) is 23.3 Å². The zero-order valence-electron chi connectivity index (χ0n) is 9.48. The standard InChI is InChI=1S/C11H17N3S2/c1-15-9-10(12)13-16-11(9)14(8-4-5-8)6-7-2-3-7/h7-8H,2-6H2,1H3,(H2,12,13). The fourth-order valence-electron chi connectivity index (χ4n) is 2.02. The van der Waals surface area contributed by atoms with E-state index in [1.165, 1.54) is 42.1 Å². The first kappa shape index (κ1) is 10.7. The normalized spacial score (nSPS) is 20.1. The van der Waals surface area contributed by atoms with Crippen molar-refractivity contribution in [3.63, 3.8) is 0 Å². The highest BCUT2D eigenvalue weighted by atomic mass is 32.2. The molecule has 88 valence electrons. The lowest BCUT2D eigenvalue weighted by atomic mass is 10.3. The highest BCUT2D eigenvalue weighted by molar-refractivity contribution is 7.99. The fraction of sp³-hybridized carbons (Fsp3) is 0.727. The van der Waals surface area contributed by atoms with Crippen LogP contribution in [0.5, 0.6) is 0 Å². The minimum absolute atomic E-state index is 0.717. The van der Waals surface area contributed by atoms with E-state index in [-0.39, 0.29) is 0 Å². The molecule has 3 nitrogen and oxygen atoms in total. The van der Waals surface area contributed by atoms with Crippen molar-refractivity contribution in [2.75, 3.05) is 23.4 Å². The van der Waals surface area contributed by atoms with Crippen molar-refractivity contribution in [3.05, 3.63) is 0 Å². The van der Waals surface area contributed by atoms with E-state index in [0.29, 0.717) is 5.82 Å². The third-order valence-electron chi connectivity index (χ3n) is 3.26. The smallest absolute Gasteiger partial charge is 0.153 e. The van der Waals surface area contributed by atoms with Crippen molar-refractivity contribution >= 4 is 34.1 Å². The molecular weight excluding hydrogens is 238 g/mol. The minimum atomic E-state index is 0.717. The Bertz CT molecular complexity index is 383. The number of aromatic nitrogens is 1. The Kier molecular flexibility index (Phi) is 2.75. The Labute approximate surface area is 105 Å². The van der Waals surface area contributed by atoms with Gasteiger partial charge in [0.2, 0.25) is 0 Å². The van der Waals surface area contributed by atoms with E-state index >= 15 is 0 Å². The first-order valence-electron chi connectivity index (χ1n) is 5.85. The Balaban J connectivity index is 1.84. The molecule has 0 aliphatic heterocycles. The summed E-state index contributed by atoms with van der Waals surface area (Å²) >= 11 is 3.31. The molecule has 5 heteroatoms. The van der Waals surface area contributed by atoms with Crippen LogP contribution in [0.4, 0.5) is 10.8 Å². The van der Waals surface area contributed by atoms with Gasteiger partial charge in [0.25, 0.3) is 0 Å². The second-order valence-electron chi connectivity index (χ2n) is 4.73. The van der Waals surface area contributed by atoms with Crippen molar-refractivity contribution in [2.24, 2.45) is 5.92 Å². The molecule has 0 saturated heterocycles. The molecule has 2 aliphatic rings. The molecule has 2 fully saturated rings. The van der Waals surface area contributed by atoms with Crippen molar-refractivity contribution in [3.8, 4) is 0 Å². The van der Waals surface area contributed by atoms with Gasteiger partial charge in [0.05, 0.1) is 4.90 Å². The maximum absolute atomic E-state index is 5.91. The summed E-state index contributed by atoms with van der Waals surface area (Å²) in [5.41, 5.74) is 5.91. The van der Waals surface area contributed by atoms with Gasteiger partial charge in [-0.3, -0.25) is 0 Å². The van der Waals surface area contributed by atoms with Gasteiger partial charge < -0.3 is 10.6 Å². The Morgan fingerprint density at radius 2 is 2.19 bits per heavy atom. The van der Waals surface area contributed by atoms with Gasteiger partial charge in [-0.05, 0) is 49.4 Å². The van der Waals surface area contributed by atoms with Crippen LogP contribution in [0.3, 0.4) is 0 Å². The zero-order chi connectivity index (χ0) is 11.1. The van der Waals surface area contributed by atoms with Crippen LogP contribution in [-0.4, -0.2) is 23.2 Å². The summed E-state index contributed by atoms with van der Waals surface area (Å²) in [6.07, 6.45) is 7.60. The highest BCUT2D eigenvalue weighted by Gasteiger charge is 2.36. The number of rotatable bonds is 5. The second kappa shape index (κ2) is 4.11. The van der Waals surface area contributed by atoms with Crippen molar-refractivity contribution in [2.45, 2.75) is 36.6 Å². The van der Waals surface area contributed by atoms with Gasteiger partial charge in [0, 0.05) is 12.6 Å². The Morgan fingerprint density at radius 1 is 1.44 bits per heavy atom. The Morgan fingerprint density at radius 3 is 2.75 bits per heavy atom. The molecule has 0 aromatic carbocycles. The monoisotopic (exact) mass is 255 g/mol. The summed E-state index contributed by atoms with van der Waals surface area (Å²) in [6, 6.07) is 0.770. The van der Waals surface area contributed by atoms with E-state index in [4.69, 9.17) is 5.73 Å². The molecule has 2 saturated carbocycles. The van der Waals surface area contributed by atoms with Gasteiger partial charge in [-0.25, -0.2) is 0 Å². The lowest BCUT2D eigenvalue weighted by molar-refractivity contribution is 0.720. The third-order valence-corrected chi connectivity index (χ3v) is 5.10. The number of nitrogens with two attached hydrogens (primary N) is 1. The molecule has 2 aliphatic carbocycles. The molecule has 0 atom stereocenters. The largest absolute Gasteiger partial charge is 0.382 e. The lowest BCUT2D eigenvalue weighted by Gasteiger charge is -2.23. The van der Waals surface area contributed by atoms with Crippen LogP contribution in [0.25, 0.3) is 0 Å². The van der Waals surface area contributed by atoms with Crippen LogP contribution in [-0.2, 0) is 0 Å². The van der Waals surface area contributed by atoms with E-state index in [9.17, 15) is 0 Å². The number of anilines is 2. The summed E-state index contributed by atoms with van der Waals surface area (Å²) < 4.78 is 4.30. The first-order valence-corrected chi connectivity index (χ1v) is 7.85. The van der Waals surface area contributed by atoms with Gasteiger partial charge in [0.1, 0.15) is 5.00 Å². The van der Waals surface area contributed by atoms with Gasteiger partial charge >= 0.3 is 0 Å². The molecule has 1 heterocycles. The van der Waals surface area contributed by atoms with Crippen LogP contribution >= 0.6 is 23.3 Å². The molecule has 3 rings (SSSR count). The number of nitrogens with zero attached hydrogens (tertiary/aromatic N) is 2. The van der Waals surface area contributed by atoms with Crippen LogP contribution < -0.4 is 10.6 Å². The molecule has 1 aromatic rings. The van der Waals surface area contributed by atoms with Crippen LogP contribution in [0.15, 0.2) is 4.90 Å². The first-order chi connectivity index (χ1) is 7.79. The summed E-state index contributed by atoms with van der Waals surface area (Å²) in [5.74, 6) is 1.65. The van der Waals surface area contributed by atoms with E-state index in [0.717, 1.165) is 12.0 Å². The SMILES string of the molecule is CSc1c(N)nsc1N(CC1CC1)C1CC1. The van der Waals surface area contributed by atoms with E-state index < -0.39 is 0 Å². The molecular formula is C11H17N3S2. The van der Waals surface area contributed by atoms with Crippen molar-refractivity contribution in [1.82, 2.24) is 4.37 Å². The number of nitrogen functional groups attached to an aromatic ring is 1. The van der Waals surface area contributed by atoms with Gasteiger partial charge in [-0.1, -0.05) is 0 Å². The number of thioether (sulfide) groups is 1. The third kappa shape index (κ3) is 2.02.